The number of rotatable bonds is 9. The number of nitrogens with one attached hydrogen (secondary N) is 3. The number of hydrogen-bond acceptors (Lipinski definition) is 8. The molecule has 3 N–H and O–H groups in total. The zero-order chi connectivity index (χ0) is 38.4. The van der Waals surface area contributed by atoms with Crippen LogP contribution in [0.15, 0.2) is 60.7 Å². The minimum Gasteiger partial charge on any atom is -0.459 e. The second-order valence-electron chi connectivity index (χ2n) is 16.5. The van der Waals surface area contributed by atoms with Gasteiger partial charge in [-0.3, -0.25) is 23.7 Å². The smallest absolute Gasteiger partial charge is 0.297 e. The first-order valence-corrected chi connectivity index (χ1v) is 21.1. The van der Waals surface area contributed by atoms with E-state index in [1.807, 2.05) is 47.1 Å². The lowest BCUT2D eigenvalue weighted by Gasteiger charge is -2.30. The van der Waals surface area contributed by atoms with Crippen LogP contribution in [0.25, 0.3) is 11.0 Å². The first-order valence-electron chi connectivity index (χ1n) is 19.6. The second kappa shape index (κ2) is 14.7. The zero-order valence-electron chi connectivity index (χ0n) is 32.0. The van der Waals surface area contributed by atoms with Crippen molar-refractivity contribution >= 4 is 44.5 Å². The number of anilines is 1. The molecule has 1 saturated heterocycles. The number of carbonyl (C=O) groups excluding carboxylic acids is 3. The summed E-state index contributed by atoms with van der Waals surface area (Å²) in [6.45, 7) is 10.2. The Balaban J connectivity index is 1.21. The molecule has 54 heavy (non-hydrogen) atoms. The lowest BCUT2D eigenvalue weighted by atomic mass is 10.0. The predicted octanol–water partition coefficient (Wildman–Crippen LogP) is 5.96. The van der Waals surface area contributed by atoms with Crippen LogP contribution in [0.4, 0.5) is 5.69 Å². The average Bonchev–Trinajstić information content (AvgIpc) is 3.95. The summed E-state index contributed by atoms with van der Waals surface area (Å²) in [6.07, 6.45) is 8.69. The number of ether oxygens (including phenoxy) is 1. The van der Waals surface area contributed by atoms with E-state index < -0.39 is 50.3 Å². The van der Waals surface area contributed by atoms with Gasteiger partial charge in [0.2, 0.25) is 21.8 Å². The highest BCUT2D eigenvalue weighted by atomic mass is 32.2. The number of para-hydroxylation sites is 1. The summed E-state index contributed by atoms with van der Waals surface area (Å²) < 4.78 is 36.4. The fourth-order valence-electron chi connectivity index (χ4n) is 7.87. The summed E-state index contributed by atoms with van der Waals surface area (Å²) in [7, 11) is -3.94. The largest absolute Gasteiger partial charge is 0.459 e. The summed E-state index contributed by atoms with van der Waals surface area (Å²) in [5.74, 6) is -1.52. The molecule has 290 valence electrons. The standard InChI is InChI=1S/C41H54N6O6S/c1-26(2)28-18-19-34-33(22-28)43-39(47(34)27(3)4)53-31-23-35-36(48)44-41(38(50)45-54(51,52)40(5)20-21-40)24-29(41)14-10-7-6-8-13-17-32(37(49)46(35)25-31)42-30-15-11-9-12-16-30/h9-12,14-16,18-19,22,26-27,29,31-32,35,42H,6-8,13,17,20-21,23-25H2,1-5H3,(H,44,48)(H,45,50)/b14-10-/t29-,31-,32+,35+,41-/m1/s1. The van der Waals surface area contributed by atoms with Crippen molar-refractivity contribution < 1.29 is 27.5 Å². The molecule has 2 saturated carbocycles. The van der Waals surface area contributed by atoms with Gasteiger partial charge >= 0.3 is 0 Å². The summed E-state index contributed by atoms with van der Waals surface area (Å²) >= 11 is 0. The van der Waals surface area contributed by atoms with Crippen molar-refractivity contribution in [2.75, 3.05) is 11.9 Å². The predicted molar refractivity (Wildman–Crippen MR) is 209 cm³/mol. The Labute approximate surface area is 318 Å². The summed E-state index contributed by atoms with van der Waals surface area (Å²) in [4.78, 5) is 49.6. The van der Waals surface area contributed by atoms with Crippen molar-refractivity contribution in [3.8, 4) is 6.01 Å². The number of nitrogens with zero attached hydrogens (tertiary/aromatic N) is 3. The van der Waals surface area contributed by atoms with Crippen molar-refractivity contribution in [1.29, 1.82) is 0 Å². The Morgan fingerprint density at radius 2 is 1.80 bits per heavy atom. The van der Waals surface area contributed by atoms with Crippen molar-refractivity contribution in [3.05, 3.63) is 66.2 Å². The lowest BCUT2D eigenvalue weighted by Crippen LogP contribution is -2.58. The highest BCUT2D eigenvalue weighted by molar-refractivity contribution is 7.91. The number of benzene rings is 2. The summed E-state index contributed by atoms with van der Waals surface area (Å²) in [5, 5.41) is 6.42. The molecule has 0 spiro atoms. The zero-order valence-corrected chi connectivity index (χ0v) is 32.8. The Kier molecular flexibility index (Phi) is 10.3. The number of fused-ring (bicyclic) bond motifs is 3. The van der Waals surface area contributed by atoms with E-state index in [4.69, 9.17) is 9.72 Å². The Morgan fingerprint density at radius 3 is 2.50 bits per heavy atom. The van der Waals surface area contributed by atoms with Crippen molar-refractivity contribution in [1.82, 2.24) is 24.5 Å². The third kappa shape index (κ3) is 7.48. The maximum atomic E-state index is 14.7. The molecular formula is C41H54N6O6S. The first-order chi connectivity index (χ1) is 25.7. The lowest BCUT2D eigenvalue weighted by molar-refractivity contribution is -0.140. The number of amides is 3. The van der Waals surface area contributed by atoms with E-state index >= 15 is 0 Å². The number of imidazole rings is 1. The third-order valence-electron chi connectivity index (χ3n) is 11.7. The van der Waals surface area contributed by atoms with Gasteiger partial charge in [-0.1, -0.05) is 63.1 Å². The Morgan fingerprint density at radius 1 is 1.04 bits per heavy atom. The molecular weight excluding hydrogens is 705 g/mol. The maximum Gasteiger partial charge on any atom is 0.297 e. The van der Waals surface area contributed by atoms with Crippen LogP contribution in [0, 0.1) is 5.92 Å². The monoisotopic (exact) mass is 758 g/mol. The molecule has 12 nitrogen and oxygen atoms in total. The van der Waals surface area contributed by atoms with Gasteiger partial charge in [0.1, 0.15) is 23.7 Å². The Hall–Kier alpha value is -4.39. The van der Waals surface area contributed by atoms with E-state index in [0.717, 1.165) is 42.4 Å². The van der Waals surface area contributed by atoms with Gasteiger partial charge in [0.25, 0.3) is 11.9 Å². The van der Waals surface area contributed by atoms with Crippen molar-refractivity contribution in [3.63, 3.8) is 0 Å². The molecule has 2 aromatic carbocycles. The minimum atomic E-state index is -3.94. The van der Waals surface area contributed by atoms with Gasteiger partial charge < -0.3 is 20.3 Å². The van der Waals surface area contributed by atoms with Crippen LogP contribution >= 0.6 is 0 Å². The fourth-order valence-corrected chi connectivity index (χ4v) is 9.18. The second-order valence-corrected chi connectivity index (χ2v) is 18.7. The third-order valence-corrected chi connectivity index (χ3v) is 13.9. The fraction of sp³-hybridized carbons (Fsp3) is 0.561. The van der Waals surface area contributed by atoms with Gasteiger partial charge in [0.15, 0.2) is 0 Å². The molecule has 1 aromatic heterocycles. The van der Waals surface area contributed by atoms with Gasteiger partial charge in [-0.15, -0.1) is 0 Å². The molecule has 3 aromatic rings. The van der Waals surface area contributed by atoms with Gasteiger partial charge in [-0.05, 0) is 95.0 Å². The van der Waals surface area contributed by atoms with Crippen LogP contribution < -0.4 is 20.1 Å². The molecule has 0 bridgehead atoms. The highest BCUT2D eigenvalue weighted by Gasteiger charge is 2.63. The molecule has 3 fully saturated rings. The number of carbonyl (C=O) groups is 3. The van der Waals surface area contributed by atoms with Gasteiger partial charge in [-0.2, -0.15) is 4.98 Å². The number of allylic oxidation sites excluding steroid dienone is 1. The van der Waals surface area contributed by atoms with E-state index in [-0.39, 0.29) is 37.3 Å². The molecule has 3 heterocycles. The molecule has 2 aliphatic carbocycles. The molecule has 0 unspecified atom stereocenters. The van der Waals surface area contributed by atoms with Crippen molar-refractivity contribution in [2.45, 2.75) is 133 Å². The first kappa shape index (κ1) is 37.9. The average molecular weight is 759 g/mol. The number of sulfonamides is 1. The quantitative estimate of drug-likeness (QED) is 0.226. The van der Waals surface area contributed by atoms with Crippen LogP contribution in [0.1, 0.15) is 110 Å². The summed E-state index contributed by atoms with van der Waals surface area (Å²) in [5.41, 5.74) is 2.28. The molecule has 0 radical (unpaired) electrons. The molecule has 5 atom stereocenters. The van der Waals surface area contributed by atoms with E-state index in [1.54, 1.807) is 11.8 Å². The molecule has 2 aliphatic heterocycles. The van der Waals surface area contributed by atoms with E-state index in [1.165, 1.54) is 5.56 Å². The van der Waals surface area contributed by atoms with Crippen LogP contribution in [0.3, 0.4) is 0 Å². The highest BCUT2D eigenvalue weighted by Crippen LogP contribution is 2.47. The van der Waals surface area contributed by atoms with Crippen molar-refractivity contribution in [2.24, 2.45) is 5.92 Å². The number of hydrogen-bond donors (Lipinski definition) is 3. The van der Waals surface area contributed by atoms with E-state index in [0.29, 0.717) is 31.2 Å². The van der Waals surface area contributed by atoms with Gasteiger partial charge in [0.05, 0.1) is 22.3 Å². The Bertz CT molecular complexity index is 2040. The van der Waals surface area contributed by atoms with E-state index in [2.05, 4.69) is 61.2 Å². The SMILES string of the molecule is CC(C)c1ccc2c(c1)nc(O[C@@H]1C[C@H]3C(=O)N[C@]4(C(=O)NS(=O)(=O)C5(C)CC5)C[C@H]4/C=C\CCCCC[C@H](Nc4ccccc4)C(=O)N3C1)n2C(C)C. The van der Waals surface area contributed by atoms with Crippen LogP contribution in [-0.4, -0.2) is 75.6 Å². The minimum absolute atomic E-state index is 0.0264. The van der Waals surface area contributed by atoms with Crippen LogP contribution in [0.2, 0.25) is 0 Å². The van der Waals surface area contributed by atoms with Gasteiger partial charge in [-0.25, -0.2) is 8.42 Å². The topological polar surface area (TPSA) is 152 Å². The summed E-state index contributed by atoms with van der Waals surface area (Å²) in [6, 6.07) is 14.7. The van der Waals surface area contributed by atoms with Crippen LogP contribution in [-0.2, 0) is 24.4 Å². The molecule has 3 amide bonds. The van der Waals surface area contributed by atoms with E-state index in [9.17, 15) is 22.8 Å². The molecule has 13 heteroatoms. The normalized spacial score (nSPS) is 27.7. The molecule has 7 rings (SSSR count). The van der Waals surface area contributed by atoms with Crippen LogP contribution in [0.5, 0.6) is 6.01 Å². The van der Waals surface area contributed by atoms with Gasteiger partial charge in [0, 0.05) is 24.1 Å². The number of aromatic nitrogens is 2. The maximum absolute atomic E-state index is 14.7. The molecule has 4 aliphatic rings.